The molecule has 0 unspecified atom stereocenters. The first-order chi connectivity index (χ1) is 14.4. The largest absolute Gasteiger partial charge is 0.497 e. The normalized spacial score (nSPS) is 10.7. The Bertz CT molecular complexity index is 1360. The van der Waals surface area contributed by atoms with Crippen LogP contribution in [0.3, 0.4) is 0 Å². The van der Waals surface area contributed by atoms with Gasteiger partial charge < -0.3 is 25.5 Å². The van der Waals surface area contributed by atoms with E-state index in [9.17, 15) is 14.4 Å². The quantitative estimate of drug-likeness (QED) is 0.354. The van der Waals surface area contributed by atoms with Gasteiger partial charge in [0.25, 0.3) is 0 Å². The Kier molecular flexibility index (Phi) is 4.81. The first-order valence-corrected chi connectivity index (χ1v) is 8.97. The van der Waals surface area contributed by atoms with Gasteiger partial charge in [-0.25, -0.2) is 9.59 Å². The van der Waals surface area contributed by atoms with Gasteiger partial charge in [0.15, 0.2) is 0 Å². The number of anilines is 2. The zero-order valence-corrected chi connectivity index (χ0v) is 15.9. The Labute approximate surface area is 170 Å². The van der Waals surface area contributed by atoms with Crippen LogP contribution in [-0.4, -0.2) is 19.0 Å². The Morgan fingerprint density at radius 2 is 1.67 bits per heavy atom. The van der Waals surface area contributed by atoms with Gasteiger partial charge in [0, 0.05) is 27.7 Å². The van der Waals surface area contributed by atoms with E-state index in [-0.39, 0.29) is 5.56 Å². The van der Waals surface area contributed by atoms with E-state index >= 15 is 0 Å². The monoisotopic (exact) mass is 403 g/mol. The molecule has 0 fully saturated rings. The molecule has 0 aliphatic rings. The Balaban J connectivity index is 1.66. The van der Waals surface area contributed by atoms with E-state index in [0.717, 1.165) is 0 Å². The molecule has 0 saturated carbocycles. The second-order valence-electron chi connectivity index (χ2n) is 6.54. The maximum absolute atomic E-state index is 12.4. The van der Waals surface area contributed by atoms with Crippen molar-refractivity contribution in [2.75, 3.05) is 17.7 Å². The summed E-state index contributed by atoms with van der Waals surface area (Å²) >= 11 is 0. The zero-order chi connectivity index (χ0) is 21.3. The molecular weight excluding hydrogens is 386 g/mol. The minimum atomic E-state index is -0.586. The number of nitrogens with one attached hydrogen (secondary N) is 2. The van der Waals surface area contributed by atoms with Crippen LogP contribution in [0.5, 0.6) is 5.75 Å². The lowest BCUT2D eigenvalue weighted by Gasteiger charge is -2.10. The second kappa shape index (κ2) is 7.59. The van der Waals surface area contributed by atoms with Crippen molar-refractivity contribution in [2.45, 2.75) is 0 Å². The molecule has 4 aromatic rings. The van der Waals surface area contributed by atoms with Gasteiger partial charge in [0.1, 0.15) is 11.3 Å². The molecule has 150 valence electrons. The number of amides is 3. The molecule has 0 aliphatic heterocycles. The molecule has 0 atom stereocenters. The lowest BCUT2D eigenvalue weighted by atomic mass is 10.1. The van der Waals surface area contributed by atoms with E-state index < -0.39 is 17.6 Å². The number of carbonyl (C=O) groups excluding carboxylic acids is 2. The van der Waals surface area contributed by atoms with Crippen LogP contribution in [0.2, 0.25) is 0 Å². The summed E-state index contributed by atoms with van der Waals surface area (Å²) in [4.78, 5) is 35.9. The number of hydrogen-bond donors (Lipinski definition) is 3. The van der Waals surface area contributed by atoms with Crippen LogP contribution in [0.1, 0.15) is 10.4 Å². The van der Waals surface area contributed by atoms with E-state index in [1.807, 2.05) is 0 Å². The van der Waals surface area contributed by atoms with Gasteiger partial charge in [-0.2, -0.15) is 0 Å². The highest BCUT2D eigenvalue weighted by atomic mass is 16.5. The van der Waals surface area contributed by atoms with E-state index in [1.165, 1.54) is 6.07 Å². The minimum absolute atomic E-state index is 0.286. The van der Waals surface area contributed by atoms with Crippen LogP contribution in [0.15, 0.2) is 69.9 Å². The number of hydrogen-bond acceptors (Lipinski definition) is 5. The lowest BCUT2D eigenvalue weighted by Crippen LogP contribution is -2.20. The summed E-state index contributed by atoms with van der Waals surface area (Å²) in [7, 11) is 1.54. The van der Waals surface area contributed by atoms with Gasteiger partial charge in [0.05, 0.1) is 12.5 Å². The van der Waals surface area contributed by atoms with Crippen LogP contribution in [0.25, 0.3) is 21.7 Å². The summed E-state index contributed by atoms with van der Waals surface area (Å²) in [6, 6.07) is 15.8. The van der Waals surface area contributed by atoms with Crippen molar-refractivity contribution < 1.29 is 18.7 Å². The Hall–Kier alpha value is -4.33. The van der Waals surface area contributed by atoms with Gasteiger partial charge in [0.2, 0.25) is 5.91 Å². The Morgan fingerprint density at radius 3 is 2.40 bits per heavy atom. The second-order valence-corrected chi connectivity index (χ2v) is 6.54. The van der Waals surface area contributed by atoms with Gasteiger partial charge in [-0.1, -0.05) is 6.07 Å². The molecule has 1 heterocycles. The van der Waals surface area contributed by atoms with Crippen LogP contribution >= 0.6 is 0 Å². The fraction of sp³-hybridized carbons (Fsp3) is 0.0455. The molecular formula is C22H17N3O5. The number of primary amides is 1. The number of nitrogens with two attached hydrogens (primary N) is 1. The molecule has 0 spiro atoms. The van der Waals surface area contributed by atoms with E-state index in [0.29, 0.717) is 38.9 Å². The molecule has 8 heteroatoms. The third-order valence-corrected chi connectivity index (χ3v) is 4.58. The highest BCUT2D eigenvalue weighted by Crippen LogP contribution is 2.28. The maximum atomic E-state index is 12.4. The summed E-state index contributed by atoms with van der Waals surface area (Å²) in [5, 5.41) is 7.08. The topological polar surface area (TPSA) is 124 Å². The van der Waals surface area contributed by atoms with Gasteiger partial charge in [-0.3, -0.25) is 4.79 Å². The molecule has 1 aromatic heterocycles. The fourth-order valence-electron chi connectivity index (χ4n) is 3.16. The highest BCUT2D eigenvalue weighted by molar-refractivity contribution is 6.08. The predicted molar refractivity (Wildman–Crippen MR) is 114 cm³/mol. The van der Waals surface area contributed by atoms with Crippen molar-refractivity contribution in [3.05, 3.63) is 76.6 Å². The van der Waals surface area contributed by atoms with Gasteiger partial charge >= 0.3 is 11.7 Å². The van der Waals surface area contributed by atoms with Crippen LogP contribution < -0.4 is 26.7 Å². The predicted octanol–water partition coefficient (Wildman–Crippen LogP) is 3.70. The number of rotatable bonds is 4. The van der Waals surface area contributed by atoms with Gasteiger partial charge in [-0.05, 0) is 54.6 Å². The number of methoxy groups -OCH3 is 1. The van der Waals surface area contributed by atoms with Crippen molar-refractivity contribution >= 4 is 45.1 Å². The van der Waals surface area contributed by atoms with E-state index in [1.54, 1.807) is 61.7 Å². The lowest BCUT2D eigenvalue weighted by molar-refractivity contribution is 0.1000. The van der Waals surface area contributed by atoms with E-state index in [4.69, 9.17) is 14.9 Å². The van der Waals surface area contributed by atoms with Crippen LogP contribution in [0, 0.1) is 0 Å². The average Bonchev–Trinajstić information content (AvgIpc) is 2.74. The third kappa shape index (κ3) is 3.66. The number of fused-ring (bicyclic) bond motifs is 3. The average molecular weight is 403 g/mol. The summed E-state index contributed by atoms with van der Waals surface area (Å²) < 4.78 is 10.6. The Morgan fingerprint density at radius 1 is 0.900 bits per heavy atom. The number of urea groups is 1. The smallest absolute Gasteiger partial charge is 0.344 e. The van der Waals surface area contributed by atoms with E-state index in [2.05, 4.69) is 10.6 Å². The SMILES string of the molecule is COc1ccc2c(=O)oc3ccc(NC(=O)Nc4cccc(C(N)=O)c4)cc3c2c1. The van der Waals surface area contributed by atoms with Crippen LogP contribution in [-0.2, 0) is 0 Å². The summed E-state index contributed by atoms with van der Waals surface area (Å²) in [5.74, 6) is 0.0113. The van der Waals surface area contributed by atoms with Crippen molar-refractivity contribution in [1.82, 2.24) is 0 Å². The molecule has 8 nitrogen and oxygen atoms in total. The van der Waals surface area contributed by atoms with Crippen molar-refractivity contribution in [2.24, 2.45) is 5.73 Å². The molecule has 0 radical (unpaired) electrons. The number of ether oxygens (including phenoxy) is 1. The van der Waals surface area contributed by atoms with Gasteiger partial charge in [-0.15, -0.1) is 0 Å². The standard InChI is InChI=1S/C22H17N3O5/c1-29-15-6-7-16-17(11-15)18-10-14(5-8-19(18)30-21(16)27)25-22(28)24-13-4-2-3-12(9-13)20(23)26/h2-11H,1H3,(H2,23,26)(H2,24,25,28). The summed E-state index contributed by atoms with van der Waals surface area (Å²) in [5.41, 5.74) is 6.40. The van der Waals surface area contributed by atoms with Crippen LogP contribution in [0.4, 0.5) is 16.2 Å². The molecule has 30 heavy (non-hydrogen) atoms. The highest BCUT2D eigenvalue weighted by Gasteiger charge is 2.11. The third-order valence-electron chi connectivity index (χ3n) is 4.58. The molecule has 4 N–H and O–H groups in total. The minimum Gasteiger partial charge on any atom is -0.497 e. The maximum Gasteiger partial charge on any atom is 0.344 e. The van der Waals surface area contributed by atoms with Crippen molar-refractivity contribution in [3.63, 3.8) is 0 Å². The number of benzene rings is 3. The molecule has 0 aliphatic carbocycles. The molecule has 4 rings (SSSR count). The van der Waals surface area contributed by atoms with Crippen molar-refractivity contribution in [3.8, 4) is 5.75 Å². The molecule has 0 saturated heterocycles. The summed E-state index contributed by atoms with van der Waals surface area (Å²) in [6.07, 6.45) is 0. The summed E-state index contributed by atoms with van der Waals surface area (Å²) in [6.45, 7) is 0. The molecule has 3 aromatic carbocycles. The molecule has 3 amide bonds. The fourth-order valence-corrected chi connectivity index (χ4v) is 3.16. The number of carbonyl (C=O) groups is 2. The van der Waals surface area contributed by atoms with Crippen molar-refractivity contribution in [1.29, 1.82) is 0 Å². The first kappa shape index (κ1) is 19.0. The molecule has 0 bridgehead atoms. The zero-order valence-electron chi connectivity index (χ0n) is 15.9. The first-order valence-electron chi connectivity index (χ1n) is 8.97.